The van der Waals surface area contributed by atoms with Crippen LogP contribution in [0, 0.1) is 0 Å². The highest BCUT2D eigenvalue weighted by molar-refractivity contribution is 9.10. The number of aromatic nitrogens is 2. The highest BCUT2D eigenvalue weighted by atomic mass is 79.9. The van der Waals surface area contributed by atoms with Crippen LogP contribution < -0.4 is 5.73 Å². The van der Waals surface area contributed by atoms with Gasteiger partial charge in [0.1, 0.15) is 0 Å². The van der Waals surface area contributed by atoms with Gasteiger partial charge < -0.3 is 10.8 Å². The van der Waals surface area contributed by atoms with E-state index in [0.717, 1.165) is 4.47 Å². The third kappa shape index (κ3) is 2.58. The van der Waals surface area contributed by atoms with E-state index in [4.69, 9.17) is 10.8 Å². The van der Waals surface area contributed by atoms with E-state index in [-0.39, 0.29) is 6.61 Å². The van der Waals surface area contributed by atoms with Crippen LogP contribution in [-0.4, -0.2) is 27.0 Å². The van der Waals surface area contributed by atoms with Crippen LogP contribution in [0.3, 0.4) is 0 Å². The predicted molar refractivity (Wildman–Crippen MR) is 49.6 cm³/mol. The lowest BCUT2D eigenvalue weighted by molar-refractivity contribution is 0.188. The van der Waals surface area contributed by atoms with Gasteiger partial charge >= 0.3 is 0 Å². The highest BCUT2D eigenvalue weighted by Crippen LogP contribution is 2.08. The first kappa shape index (κ1) is 9.70. The summed E-state index contributed by atoms with van der Waals surface area (Å²) in [4.78, 5) is 0. The molecular formula is C7H12BrN3O. The summed E-state index contributed by atoms with van der Waals surface area (Å²) >= 11 is 3.27. The fourth-order valence-electron chi connectivity index (χ4n) is 0.845. The second-order valence-corrected chi connectivity index (χ2v) is 4.08. The number of halogens is 1. The van der Waals surface area contributed by atoms with Gasteiger partial charge in [0.05, 0.1) is 29.4 Å². The molecule has 0 saturated carbocycles. The molecule has 0 radical (unpaired) electrons. The summed E-state index contributed by atoms with van der Waals surface area (Å²) in [7, 11) is 0. The molecule has 1 aromatic rings. The molecule has 0 aliphatic rings. The smallest absolute Gasteiger partial charge is 0.0632 e. The van der Waals surface area contributed by atoms with E-state index in [1.807, 2.05) is 6.20 Å². The summed E-state index contributed by atoms with van der Waals surface area (Å²) in [5.74, 6) is 0. The normalized spacial score (nSPS) is 16.0. The van der Waals surface area contributed by atoms with Crippen LogP contribution in [0.1, 0.15) is 6.92 Å². The molecule has 0 saturated heterocycles. The van der Waals surface area contributed by atoms with Gasteiger partial charge in [-0.3, -0.25) is 4.68 Å². The van der Waals surface area contributed by atoms with Crippen molar-refractivity contribution in [3.8, 4) is 0 Å². The molecular weight excluding hydrogens is 222 g/mol. The third-order valence-electron chi connectivity index (χ3n) is 1.49. The van der Waals surface area contributed by atoms with E-state index in [1.165, 1.54) is 0 Å². The average Bonchev–Trinajstić information content (AvgIpc) is 2.35. The Morgan fingerprint density at radius 3 is 2.92 bits per heavy atom. The summed E-state index contributed by atoms with van der Waals surface area (Å²) in [6.07, 6.45) is 3.51. The minimum atomic E-state index is -0.606. The maximum atomic E-state index is 8.88. The molecule has 5 heteroatoms. The van der Waals surface area contributed by atoms with Gasteiger partial charge in [-0.25, -0.2) is 0 Å². The molecule has 1 rings (SSSR count). The Balaban J connectivity index is 2.63. The number of rotatable bonds is 3. The lowest BCUT2D eigenvalue weighted by Crippen LogP contribution is -2.44. The summed E-state index contributed by atoms with van der Waals surface area (Å²) in [6.45, 7) is 2.24. The zero-order valence-electron chi connectivity index (χ0n) is 6.87. The number of hydrogen-bond acceptors (Lipinski definition) is 3. The molecule has 0 spiro atoms. The van der Waals surface area contributed by atoms with Crippen molar-refractivity contribution in [2.75, 3.05) is 6.61 Å². The van der Waals surface area contributed by atoms with Gasteiger partial charge in [0.15, 0.2) is 0 Å². The van der Waals surface area contributed by atoms with Crippen molar-refractivity contribution in [2.45, 2.75) is 19.0 Å². The third-order valence-corrected chi connectivity index (χ3v) is 1.90. The maximum Gasteiger partial charge on any atom is 0.0632 e. The van der Waals surface area contributed by atoms with Crippen LogP contribution in [0.15, 0.2) is 16.9 Å². The molecule has 0 aliphatic carbocycles. The lowest BCUT2D eigenvalue weighted by atomic mass is 10.1. The maximum absolute atomic E-state index is 8.88. The number of aliphatic hydroxyl groups is 1. The van der Waals surface area contributed by atoms with Gasteiger partial charge in [-0.2, -0.15) is 5.10 Å². The van der Waals surface area contributed by atoms with Crippen molar-refractivity contribution >= 4 is 15.9 Å². The fraction of sp³-hybridized carbons (Fsp3) is 0.571. The van der Waals surface area contributed by atoms with Crippen LogP contribution in [0.2, 0.25) is 0 Å². The summed E-state index contributed by atoms with van der Waals surface area (Å²) in [5.41, 5.74) is 5.13. The first-order valence-corrected chi connectivity index (χ1v) is 4.40. The second-order valence-electron chi connectivity index (χ2n) is 3.17. The Morgan fingerprint density at radius 2 is 2.50 bits per heavy atom. The fourth-order valence-corrected chi connectivity index (χ4v) is 1.17. The highest BCUT2D eigenvalue weighted by Gasteiger charge is 2.17. The molecule has 1 unspecified atom stereocenters. The standard InChI is InChI=1S/C7H12BrN3O/c1-7(9,5-12)4-11-3-6(8)2-10-11/h2-3,12H,4-5,9H2,1H3. The van der Waals surface area contributed by atoms with Gasteiger partial charge in [0.2, 0.25) is 0 Å². The van der Waals surface area contributed by atoms with Crippen molar-refractivity contribution in [1.29, 1.82) is 0 Å². The molecule has 1 atom stereocenters. The van der Waals surface area contributed by atoms with Gasteiger partial charge in [-0.1, -0.05) is 0 Å². The first-order valence-electron chi connectivity index (χ1n) is 3.61. The van der Waals surface area contributed by atoms with Gasteiger partial charge in [-0.05, 0) is 22.9 Å². The number of nitrogens with two attached hydrogens (primary N) is 1. The van der Waals surface area contributed by atoms with E-state index in [0.29, 0.717) is 6.54 Å². The molecule has 4 nitrogen and oxygen atoms in total. The van der Waals surface area contributed by atoms with Crippen molar-refractivity contribution < 1.29 is 5.11 Å². The summed E-state index contributed by atoms with van der Waals surface area (Å²) < 4.78 is 2.61. The molecule has 1 heterocycles. The van der Waals surface area contributed by atoms with Gasteiger partial charge in [0.25, 0.3) is 0 Å². The molecule has 0 aromatic carbocycles. The molecule has 0 bridgehead atoms. The predicted octanol–water partition coefficient (Wildman–Crippen LogP) is 0.355. The van der Waals surface area contributed by atoms with Crippen molar-refractivity contribution in [3.05, 3.63) is 16.9 Å². The van der Waals surface area contributed by atoms with Crippen molar-refractivity contribution in [3.63, 3.8) is 0 Å². The Bertz CT molecular complexity index is 259. The van der Waals surface area contributed by atoms with E-state index < -0.39 is 5.54 Å². The molecule has 0 amide bonds. The van der Waals surface area contributed by atoms with Crippen LogP contribution in [0.4, 0.5) is 0 Å². The zero-order valence-corrected chi connectivity index (χ0v) is 8.45. The average molecular weight is 234 g/mol. The minimum absolute atomic E-state index is 0.0511. The minimum Gasteiger partial charge on any atom is -0.394 e. The molecule has 12 heavy (non-hydrogen) atoms. The van der Waals surface area contributed by atoms with Crippen molar-refractivity contribution in [2.24, 2.45) is 5.73 Å². The Kier molecular flexibility index (Phi) is 2.87. The van der Waals surface area contributed by atoms with E-state index >= 15 is 0 Å². The molecule has 68 valence electrons. The Morgan fingerprint density at radius 1 is 1.83 bits per heavy atom. The molecule has 0 fully saturated rings. The van der Waals surface area contributed by atoms with Gasteiger partial charge in [-0.15, -0.1) is 0 Å². The quantitative estimate of drug-likeness (QED) is 0.793. The van der Waals surface area contributed by atoms with Crippen LogP contribution in [0.25, 0.3) is 0 Å². The second kappa shape index (κ2) is 3.55. The SMILES string of the molecule is CC(N)(CO)Cn1cc(Br)cn1. The first-order chi connectivity index (χ1) is 5.53. The number of aliphatic hydroxyl groups excluding tert-OH is 1. The van der Waals surface area contributed by atoms with Crippen molar-refractivity contribution in [1.82, 2.24) is 9.78 Å². The monoisotopic (exact) mass is 233 g/mol. The zero-order chi connectivity index (χ0) is 9.19. The summed E-state index contributed by atoms with van der Waals surface area (Å²) in [5, 5.41) is 12.9. The van der Waals surface area contributed by atoms with Crippen LogP contribution >= 0.6 is 15.9 Å². The van der Waals surface area contributed by atoms with E-state index in [1.54, 1.807) is 17.8 Å². The summed E-state index contributed by atoms with van der Waals surface area (Å²) in [6, 6.07) is 0. The molecule has 3 N–H and O–H groups in total. The molecule has 0 aliphatic heterocycles. The Labute approximate surface area is 79.5 Å². The van der Waals surface area contributed by atoms with Gasteiger partial charge in [0, 0.05) is 6.20 Å². The number of nitrogens with zero attached hydrogens (tertiary/aromatic N) is 2. The number of hydrogen-bond donors (Lipinski definition) is 2. The molecule has 1 aromatic heterocycles. The van der Waals surface area contributed by atoms with Crippen LogP contribution in [-0.2, 0) is 6.54 Å². The van der Waals surface area contributed by atoms with E-state index in [9.17, 15) is 0 Å². The lowest BCUT2D eigenvalue weighted by Gasteiger charge is -2.20. The topological polar surface area (TPSA) is 64.1 Å². The van der Waals surface area contributed by atoms with E-state index in [2.05, 4.69) is 21.0 Å². The van der Waals surface area contributed by atoms with Crippen LogP contribution in [0.5, 0.6) is 0 Å². The Hall–Kier alpha value is -0.390. The largest absolute Gasteiger partial charge is 0.394 e.